The Bertz CT molecular complexity index is 768. The molecule has 3 N–H and O–H groups in total. The first kappa shape index (κ1) is 14.6. The fourth-order valence-electron chi connectivity index (χ4n) is 2.96. The average molecular weight is 305 g/mol. The number of carbonyl (C=O) groups is 1. The lowest BCUT2D eigenvalue weighted by atomic mass is 9.94. The Morgan fingerprint density at radius 3 is 2.82 bits per heavy atom. The largest absolute Gasteiger partial charge is 0.476 e. The van der Waals surface area contributed by atoms with E-state index in [1.165, 1.54) is 0 Å². The van der Waals surface area contributed by atoms with Gasteiger partial charge in [0.15, 0.2) is 5.69 Å². The molecule has 0 unspecified atom stereocenters. The Morgan fingerprint density at radius 1 is 1.36 bits per heavy atom. The molecule has 0 radical (unpaired) electrons. The summed E-state index contributed by atoms with van der Waals surface area (Å²) in [7, 11) is 4.00. The van der Waals surface area contributed by atoms with E-state index in [1.807, 2.05) is 14.1 Å². The van der Waals surface area contributed by atoms with Crippen LogP contribution >= 0.6 is 0 Å². The maximum Gasteiger partial charge on any atom is 0.357 e. The van der Waals surface area contributed by atoms with Crippen LogP contribution in [0.15, 0.2) is 4.79 Å². The van der Waals surface area contributed by atoms with Crippen LogP contribution in [0.25, 0.3) is 11.3 Å². The predicted octanol–water partition coefficient (Wildman–Crippen LogP) is 0.315. The molecule has 0 aromatic carbocycles. The van der Waals surface area contributed by atoms with Gasteiger partial charge < -0.3 is 10.0 Å². The monoisotopic (exact) mass is 305 g/mol. The summed E-state index contributed by atoms with van der Waals surface area (Å²) >= 11 is 0. The number of nitrogens with zero attached hydrogens (tertiary/aromatic N) is 3. The van der Waals surface area contributed by atoms with E-state index in [0.717, 1.165) is 18.7 Å². The van der Waals surface area contributed by atoms with Gasteiger partial charge in [0.05, 0.1) is 11.3 Å². The van der Waals surface area contributed by atoms with Crippen LogP contribution in [-0.4, -0.2) is 56.6 Å². The second kappa shape index (κ2) is 5.45. The topological polar surface area (TPSA) is 107 Å². The highest BCUT2D eigenvalue weighted by molar-refractivity contribution is 5.95. The number of nitrogens with one attached hydrogen (secondary N) is 2. The lowest BCUT2D eigenvalue weighted by Crippen LogP contribution is -2.18. The van der Waals surface area contributed by atoms with E-state index in [2.05, 4.69) is 20.2 Å². The zero-order chi connectivity index (χ0) is 15.9. The van der Waals surface area contributed by atoms with Crippen LogP contribution in [0, 0.1) is 0 Å². The van der Waals surface area contributed by atoms with E-state index < -0.39 is 5.97 Å². The molecule has 2 aromatic heterocycles. The van der Waals surface area contributed by atoms with Gasteiger partial charge in [0, 0.05) is 17.8 Å². The van der Waals surface area contributed by atoms with Gasteiger partial charge in [-0.05, 0) is 39.9 Å². The van der Waals surface area contributed by atoms with Crippen molar-refractivity contribution in [1.29, 1.82) is 0 Å². The van der Waals surface area contributed by atoms with Gasteiger partial charge in [-0.15, -0.1) is 0 Å². The van der Waals surface area contributed by atoms with Crippen LogP contribution in [0.5, 0.6) is 0 Å². The summed E-state index contributed by atoms with van der Waals surface area (Å²) in [6.45, 7) is 1.57. The first-order valence-electron chi connectivity index (χ1n) is 7.26. The Morgan fingerprint density at radius 2 is 2.14 bits per heavy atom. The van der Waals surface area contributed by atoms with Crippen molar-refractivity contribution in [1.82, 2.24) is 24.9 Å². The van der Waals surface area contributed by atoms with Gasteiger partial charge in [-0.2, -0.15) is 5.10 Å². The third kappa shape index (κ3) is 2.35. The molecule has 3 rings (SSSR count). The molecule has 2 heterocycles. The molecule has 8 nitrogen and oxygen atoms in total. The number of aromatic nitrogens is 4. The van der Waals surface area contributed by atoms with E-state index in [0.29, 0.717) is 36.2 Å². The Hall–Kier alpha value is -2.35. The number of hydrogen-bond acceptors (Lipinski definition) is 4. The molecule has 0 spiro atoms. The second-order valence-electron chi connectivity index (χ2n) is 5.79. The molecule has 22 heavy (non-hydrogen) atoms. The van der Waals surface area contributed by atoms with Crippen molar-refractivity contribution in [2.75, 3.05) is 20.6 Å². The molecule has 2 aromatic rings. The number of aryl methyl sites for hydroxylation is 1. The van der Waals surface area contributed by atoms with Crippen molar-refractivity contribution < 1.29 is 9.90 Å². The Labute approximate surface area is 126 Å². The molecule has 1 aliphatic carbocycles. The van der Waals surface area contributed by atoms with Crippen LogP contribution in [0.1, 0.15) is 28.2 Å². The molecule has 0 fully saturated rings. The minimum Gasteiger partial charge on any atom is -0.476 e. The number of carboxylic acids is 1. The van der Waals surface area contributed by atoms with E-state index in [1.54, 1.807) is 4.68 Å². The van der Waals surface area contributed by atoms with E-state index in [9.17, 15) is 14.7 Å². The zero-order valence-corrected chi connectivity index (χ0v) is 12.6. The standard InChI is InChI=1S/C14H19N5O3/c1-18(2)6-3-7-19-9-5-4-8-11(15-16-13(8)20)10(9)12(17-19)14(21)22/h3-7H2,1-2H3,(H,21,22)(H2,15,16,20). The quantitative estimate of drug-likeness (QED) is 0.737. The number of rotatable bonds is 5. The van der Waals surface area contributed by atoms with Gasteiger partial charge in [-0.1, -0.05) is 0 Å². The van der Waals surface area contributed by atoms with Crippen molar-refractivity contribution in [3.8, 4) is 11.3 Å². The van der Waals surface area contributed by atoms with Crippen LogP contribution in [-0.2, 0) is 19.4 Å². The lowest BCUT2D eigenvalue weighted by Gasteiger charge is -2.15. The average Bonchev–Trinajstić information content (AvgIpc) is 3.00. The Kier molecular flexibility index (Phi) is 3.61. The van der Waals surface area contributed by atoms with Gasteiger partial charge in [0.2, 0.25) is 0 Å². The second-order valence-corrected chi connectivity index (χ2v) is 5.79. The molecular weight excluding hydrogens is 286 g/mol. The van der Waals surface area contributed by atoms with Crippen molar-refractivity contribution >= 4 is 5.97 Å². The molecule has 0 aliphatic heterocycles. The van der Waals surface area contributed by atoms with Crippen molar-refractivity contribution in [3.05, 3.63) is 27.3 Å². The highest BCUT2D eigenvalue weighted by Gasteiger charge is 2.30. The fourth-order valence-corrected chi connectivity index (χ4v) is 2.96. The lowest BCUT2D eigenvalue weighted by molar-refractivity contribution is 0.0690. The molecule has 0 bridgehead atoms. The van der Waals surface area contributed by atoms with Crippen LogP contribution in [0.3, 0.4) is 0 Å². The number of carboxylic acid groups (broad SMARTS) is 1. The molecule has 1 aliphatic rings. The molecule has 0 saturated carbocycles. The van der Waals surface area contributed by atoms with Crippen LogP contribution in [0.2, 0.25) is 0 Å². The summed E-state index contributed by atoms with van der Waals surface area (Å²) in [4.78, 5) is 25.3. The third-order valence-electron chi connectivity index (χ3n) is 3.97. The van der Waals surface area contributed by atoms with Gasteiger partial charge in [-0.3, -0.25) is 19.7 Å². The smallest absolute Gasteiger partial charge is 0.357 e. The summed E-state index contributed by atoms with van der Waals surface area (Å²) in [5.41, 5.74) is 2.45. The predicted molar refractivity (Wildman–Crippen MR) is 80.2 cm³/mol. The molecule has 0 saturated heterocycles. The highest BCUT2D eigenvalue weighted by Crippen LogP contribution is 2.33. The first-order chi connectivity index (χ1) is 10.5. The van der Waals surface area contributed by atoms with Gasteiger partial charge >= 0.3 is 5.97 Å². The fraction of sp³-hybridized carbons (Fsp3) is 0.500. The molecule has 0 atom stereocenters. The number of fused-ring (bicyclic) bond motifs is 3. The van der Waals surface area contributed by atoms with Crippen LogP contribution < -0.4 is 5.56 Å². The summed E-state index contributed by atoms with van der Waals surface area (Å²) in [6.07, 6.45) is 2.11. The Balaban J connectivity index is 2.02. The van der Waals surface area contributed by atoms with Gasteiger partial charge in [0.25, 0.3) is 5.56 Å². The SMILES string of the molecule is CN(C)CCCn1nc(C(=O)O)c2c1CCc1c-2[nH][nH]c1=O. The molecule has 0 amide bonds. The molecular formula is C14H19N5O3. The minimum atomic E-state index is -1.07. The van der Waals surface area contributed by atoms with E-state index in [-0.39, 0.29) is 11.3 Å². The maximum atomic E-state index is 11.7. The number of aromatic amines is 2. The highest BCUT2D eigenvalue weighted by atomic mass is 16.4. The summed E-state index contributed by atoms with van der Waals surface area (Å²) in [5.74, 6) is -1.07. The van der Waals surface area contributed by atoms with Crippen LogP contribution in [0.4, 0.5) is 0 Å². The van der Waals surface area contributed by atoms with Crippen molar-refractivity contribution in [2.45, 2.75) is 25.8 Å². The van der Waals surface area contributed by atoms with Crippen molar-refractivity contribution in [3.63, 3.8) is 0 Å². The van der Waals surface area contributed by atoms with Gasteiger partial charge in [0.1, 0.15) is 0 Å². The summed E-state index contributed by atoms with van der Waals surface area (Å²) in [5, 5.41) is 19.0. The maximum absolute atomic E-state index is 11.7. The minimum absolute atomic E-state index is 0.0102. The number of aromatic carboxylic acids is 1. The molecule has 8 heteroatoms. The third-order valence-corrected chi connectivity index (χ3v) is 3.97. The summed E-state index contributed by atoms with van der Waals surface area (Å²) < 4.78 is 1.77. The van der Waals surface area contributed by atoms with E-state index >= 15 is 0 Å². The first-order valence-corrected chi connectivity index (χ1v) is 7.26. The van der Waals surface area contributed by atoms with Gasteiger partial charge in [-0.25, -0.2) is 4.79 Å². The summed E-state index contributed by atoms with van der Waals surface area (Å²) in [6, 6.07) is 0. The zero-order valence-electron chi connectivity index (χ0n) is 12.6. The normalized spacial score (nSPS) is 13.2. The number of H-pyrrole nitrogens is 2. The van der Waals surface area contributed by atoms with E-state index in [4.69, 9.17) is 0 Å². The molecule has 118 valence electrons. The van der Waals surface area contributed by atoms with Crippen molar-refractivity contribution in [2.24, 2.45) is 0 Å². The number of hydrogen-bond donors (Lipinski definition) is 3.